The van der Waals surface area contributed by atoms with Gasteiger partial charge in [-0.05, 0) is 177 Å². The largest absolute Gasteiger partial charge is 0.469 e. The van der Waals surface area contributed by atoms with Crippen LogP contribution in [0.1, 0.15) is 204 Å². The Kier molecular flexibility index (Phi) is 66.0. The monoisotopic (exact) mass is 1980 g/mol. The van der Waals surface area contributed by atoms with Crippen LogP contribution in [0.5, 0.6) is 0 Å². The minimum atomic E-state index is -0.237. The molecular formula is C105H165N9O27. The Morgan fingerprint density at radius 2 is 0.553 bits per heavy atom. The predicted molar refractivity (Wildman–Crippen MR) is 533 cm³/mol. The Morgan fingerprint density at radius 1 is 0.284 bits per heavy atom. The molecule has 0 aromatic carbocycles. The van der Waals surface area contributed by atoms with Crippen LogP contribution in [-0.2, 0) is 129 Å². The highest BCUT2D eigenvalue weighted by molar-refractivity contribution is 5.93. The van der Waals surface area contributed by atoms with Crippen LogP contribution in [0.15, 0.2) is 114 Å². The van der Waals surface area contributed by atoms with Crippen molar-refractivity contribution in [1.82, 2.24) is 44.1 Å². The minimum absolute atomic E-state index is 0.0580. The third-order valence-electron chi connectivity index (χ3n) is 24.4. The number of hydrogen-bond donors (Lipinski definition) is 0. The number of amides is 9. The highest BCUT2D eigenvalue weighted by Crippen LogP contribution is 2.27. The molecule has 10 atom stereocenters. The molecule has 9 amide bonds. The SMILES string of the molecule is C=CC(=O)N1CCC(C(=O)OC(C)C)C1.C=CC(=O)N1CCC(C(=O)OC)C1.C=CC(=O)N1CCC(C(=O)OCC(C)C)C1.C=CC(=O)N1CCC(C(=O)OCC(CC)CCCC)C1.C=CC(=O)N1CCC(C(=O)OCC)C1.C=CC(=O)N1CCC(C(=O)OCCC)C1.C=CC(=O)N1CCC(C(=O)OCCCC)C1.C=CC(=O)N1CCC(C(=O)OCCCCCC)C1.C=CC(=O)N1CCC(CC(=O)OC)C1. The highest BCUT2D eigenvalue weighted by Gasteiger charge is 2.39. The molecule has 0 spiro atoms. The molecule has 9 saturated heterocycles. The fourth-order valence-electron chi connectivity index (χ4n) is 15.8. The van der Waals surface area contributed by atoms with Gasteiger partial charge in [-0.15, -0.1) is 0 Å². The zero-order valence-corrected chi connectivity index (χ0v) is 86.4. The highest BCUT2D eigenvalue weighted by atomic mass is 16.6. The number of likely N-dealkylation sites (tertiary alicyclic amines) is 9. The molecule has 36 heteroatoms. The molecule has 9 fully saturated rings. The summed E-state index contributed by atoms with van der Waals surface area (Å²) in [6, 6.07) is 0. The second-order valence-corrected chi connectivity index (χ2v) is 36.0. The predicted octanol–water partition coefficient (Wildman–Crippen LogP) is 10.8. The number of esters is 9. The van der Waals surface area contributed by atoms with Crippen molar-refractivity contribution in [3.8, 4) is 0 Å². The van der Waals surface area contributed by atoms with Gasteiger partial charge in [-0.25, -0.2) is 0 Å². The average Bonchev–Trinajstić information content (AvgIpc) is 1.77. The Morgan fingerprint density at radius 3 is 0.823 bits per heavy atom. The van der Waals surface area contributed by atoms with Gasteiger partial charge in [0, 0.05) is 118 Å². The van der Waals surface area contributed by atoms with Crippen LogP contribution in [0.3, 0.4) is 0 Å². The molecule has 9 heterocycles. The van der Waals surface area contributed by atoms with Crippen molar-refractivity contribution in [3.63, 3.8) is 0 Å². The van der Waals surface area contributed by atoms with Crippen LogP contribution in [-0.4, -0.2) is 329 Å². The van der Waals surface area contributed by atoms with E-state index in [4.69, 9.17) is 33.2 Å². The molecule has 0 aliphatic carbocycles. The first-order chi connectivity index (χ1) is 67.3. The van der Waals surface area contributed by atoms with E-state index in [0.717, 1.165) is 51.4 Å². The normalized spacial score (nSPS) is 20.0. The summed E-state index contributed by atoms with van der Waals surface area (Å²) in [5, 5.41) is 0. The zero-order valence-electron chi connectivity index (χ0n) is 86.4. The Labute approximate surface area is 836 Å². The maximum atomic E-state index is 12.0. The quantitative estimate of drug-likeness (QED) is 0.0239. The summed E-state index contributed by atoms with van der Waals surface area (Å²) >= 11 is 0. The molecular weight excluding hydrogens is 1820 g/mol. The number of methoxy groups -OCH3 is 2. The van der Waals surface area contributed by atoms with Crippen molar-refractivity contribution < 1.29 is 129 Å². The van der Waals surface area contributed by atoms with Crippen LogP contribution in [0.2, 0.25) is 0 Å². The van der Waals surface area contributed by atoms with Gasteiger partial charge < -0.3 is 86.7 Å². The summed E-state index contributed by atoms with van der Waals surface area (Å²) in [6.07, 6.45) is 29.9. The fraction of sp³-hybridized carbons (Fsp3) is 0.657. The van der Waals surface area contributed by atoms with Gasteiger partial charge in [0.1, 0.15) is 0 Å². The molecule has 36 nitrogen and oxygen atoms in total. The van der Waals surface area contributed by atoms with Gasteiger partial charge in [0.15, 0.2) is 0 Å². The van der Waals surface area contributed by atoms with Gasteiger partial charge in [-0.3, -0.25) is 86.3 Å². The van der Waals surface area contributed by atoms with Gasteiger partial charge in [0.2, 0.25) is 53.2 Å². The van der Waals surface area contributed by atoms with Gasteiger partial charge in [0.05, 0.1) is 114 Å². The van der Waals surface area contributed by atoms with Crippen LogP contribution in [0.25, 0.3) is 0 Å². The summed E-state index contributed by atoms with van der Waals surface area (Å²) in [7, 11) is 2.74. The number of carbonyl (C=O) groups is 18. The van der Waals surface area contributed by atoms with E-state index in [1.54, 1.807) is 51.0 Å². The summed E-state index contributed by atoms with van der Waals surface area (Å²) in [5.41, 5.74) is 0. The standard InChI is InChI=1S/C16H27NO3.C14H23NO3.2C12H19NO3.2C11H17NO3.2C10H15NO3.C9H13NO3/c1-4-7-8-13(5-2)12-20-16(19)14-9-10-17(11-14)15(18)6-3;1-3-5-6-7-10-18-14(17)12-8-9-15(11-12)13(16)4-2;1-4-11(14)13-6-5-10(7-13)12(15)16-8-9(2)3;1-3-5-8-16-12(15)10-6-7-13(9-10)11(14)4-2;1-4-10(13)12-6-5-9(7-12)11(14)15-8(2)3;1-3-7-15-11(14)9-5-6-12(8-9)10(13)4-2;1-3-9(12)11-5-4-8(7-11)6-10(13)14-2;1-3-9(12)11-6-5-8(7-11)10(13)14-4-2;1-3-8(11)10-5-4-7(6-10)9(12)13-2/h6,13-14H,3-5,7-12H2,1-2H3;4,12H,2-3,5-11H2,1H3;4,9-10H,1,5-8H2,2-3H3;4,10H,2-3,5-9H2,1H3;4,8-9H,1,5-7H2,2-3H3;4,9H,2-3,5-8H2,1H3;2*3,8H,1,4-7H2,2H3;3,7H,1,4-6H2,2H3. The minimum Gasteiger partial charge on any atom is -0.469 e. The van der Waals surface area contributed by atoms with E-state index in [1.165, 1.54) is 94.6 Å². The Bertz CT molecular complexity index is 4070. The Hall–Kier alpha value is -11.9. The van der Waals surface area contributed by atoms with E-state index < -0.39 is 0 Å². The van der Waals surface area contributed by atoms with E-state index in [2.05, 4.69) is 89.5 Å². The molecule has 0 aromatic heterocycles. The average molecular weight is 1990 g/mol. The lowest BCUT2D eigenvalue weighted by Gasteiger charge is -2.17. The maximum absolute atomic E-state index is 12.0. The lowest BCUT2D eigenvalue weighted by atomic mass is 10.0. The molecule has 141 heavy (non-hydrogen) atoms. The lowest BCUT2D eigenvalue weighted by Crippen LogP contribution is -2.29. The van der Waals surface area contributed by atoms with Crippen molar-refractivity contribution >= 4 is 107 Å². The molecule has 0 aromatic rings. The summed E-state index contributed by atoms with van der Waals surface area (Å²) < 4.78 is 45.1. The number of ether oxygens (including phenoxy) is 9. The smallest absolute Gasteiger partial charge is 0.311 e. The van der Waals surface area contributed by atoms with E-state index in [0.29, 0.717) is 227 Å². The van der Waals surface area contributed by atoms with Gasteiger partial charge >= 0.3 is 53.7 Å². The van der Waals surface area contributed by atoms with Gasteiger partial charge in [-0.2, -0.15) is 0 Å². The molecule has 0 bridgehead atoms. The fourth-order valence-corrected chi connectivity index (χ4v) is 15.8. The van der Waals surface area contributed by atoms with E-state index in [-0.39, 0.29) is 166 Å². The topological polar surface area (TPSA) is 419 Å². The van der Waals surface area contributed by atoms with Crippen molar-refractivity contribution in [2.45, 2.75) is 210 Å². The first kappa shape index (κ1) is 127. The second-order valence-electron chi connectivity index (χ2n) is 36.0. The number of nitrogens with zero attached hydrogens (tertiary/aromatic N) is 9. The van der Waals surface area contributed by atoms with Crippen molar-refractivity contribution in [3.05, 3.63) is 114 Å². The maximum Gasteiger partial charge on any atom is 0.311 e. The van der Waals surface area contributed by atoms with Crippen molar-refractivity contribution in [2.24, 2.45) is 65.1 Å². The number of unbranched alkanes of at least 4 members (excludes halogenated alkanes) is 5. The van der Waals surface area contributed by atoms with E-state index >= 15 is 0 Å². The first-order valence-electron chi connectivity index (χ1n) is 49.9. The Balaban J connectivity index is 0.000000795. The lowest BCUT2D eigenvalue weighted by molar-refractivity contribution is -0.152. The van der Waals surface area contributed by atoms with Crippen molar-refractivity contribution in [1.29, 1.82) is 0 Å². The van der Waals surface area contributed by atoms with E-state index in [1.807, 2.05) is 41.5 Å². The van der Waals surface area contributed by atoms with Crippen LogP contribution < -0.4 is 0 Å². The van der Waals surface area contributed by atoms with E-state index in [9.17, 15) is 86.3 Å². The zero-order chi connectivity index (χ0) is 106. The summed E-state index contributed by atoms with van der Waals surface area (Å²) in [5.74, 6) is -2.87. The molecule has 9 rings (SSSR count). The first-order valence-corrected chi connectivity index (χ1v) is 49.9. The number of rotatable bonds is 39. The summed E-state index contributed by atoms with van der Waals surface area (Å²) in [4.78, 5) is 220. The third kappa shape index (κ3) is 49.9. The summed E-state index contributed by atoms with van der Waals surface area (Å²) in [6.45, 7) is 63.5. The number of hydrogen-bond acceptors (Lipinski definition) is 27. The molecule has 9 aliphatic heterocycles. The molecule has 0 radical (unpaired) electrons. The second kappa shape index (κ2) is 73.2. The third-order valence-corrected chi connectivity index (χ3v) is 24.4. The molecule has 10 unspecified atom stereocenters. The van der Waals surface area contributed by atoms with Gasteiger partial charge in [-0.1, -0.05) is 153 Å². The van der Waals surface area contributed by atoms with Crippen LogP contribution >= 0.6 is 0 Å². The van der Waals surface area contributed by atoms with Crippen LogP contribution in [0, 0.1) is 65.1 Å². The van der Waals surface area contributed by atoms with Gasteiger partial charge in [0.25, 0.3) is 0 Å². The molecule has 9 aliphatic rings. The number of carbonyl (C=O) groups excluding carboxylic acids is 18. The molecule has 0 saturated carbocycles. The molecule has 792 valence electrons. The molecule has 0 N–H and O–H groups in total. The van der Waals surface area contributed by atoms with Crippen molar-refractivity contribution in [2.75, 3.05) is 172 Å². The van der Waals surface area contributed by atoms with Crippen LogP contribution in [0.4, 0.5) is 0 Å².